The number of nitrogens with zero attached hydrogens (tertiary/aromatic N) is 1. The van der Waals surface area contributed by atoms with Crippen LogP contribution >= 0.6 is 0 Å². The molecule has 0 saturated heterocycles. The molecule has 22 heavy (non-hydrogen) atoms. The second-order valence-electron chi connectivity index (χ2n) is 4.94. The van der Waals surface area contributed by atoms with E-state index in [1.165, 1.54) is 5.56 Å². The molecule has 0 aliphatic rings. The summed E-state index contributed by atoms with van der Waals surface area (Å²) in [5.74, 6) is 0.673. The molecule has 0 saturated carbocycles. The summed E-state index contributed by atoms with van der Waals surface area (Å²) in [6.07, 6.45) is 5.90. The van der Waals surface area contributed by atoms with Crippen LogP contribution in [0, 0.1) is 0 Å². The minimum atomic E-state index is 0.632. The van der Waals surface area contributed by atoms with Crippen LogP contribution in [-0.2, 0) is 0 Å². The number of hydrogen-bond acceptors (Lipinski definition) is 3. The third-order valence-electron chi connectivity index (χ3n) is 3.26. The molecule has 3 nitrogen and oxygen atoms in total. The van der Waals surface area contributed by atoms with E-state index in [2.05, 4.69) is 46.7 Å². The zero-order valence-electron chi connectivity index (χ0n) is 12.1. The van der Waals surface area contributed by atoms with Crippen molar-refractivity contribution >= 4 is 29.3 Å². The number of aromatic nitrogens is 1. The van der Waals surface area contributed by atoms with Gasteiger partial charge in [-0.1, -0.05) is 54.6 Å². The minimum absolute atomic E-state index is 0.632. The predicted octanol–water partition coefficient (Wildman–Crippen LogP) is 4.58. The maximum absolute atomic E-state index is 5.90. The number of benzene rings is 2. The van der Waals surface area contributed by atoms with Crippen molar-refractivity contribution in [2.75, 3.05) is 11.1 Å². The molecule has 0 spiro atoms. The third kappa shape index (κ3) is 3.52. The zero-order valence-corrected chi connectivity index (χ0v) is 12.1. The highest BCUT2D eigenvalue weighted by molar-refractivity contribution is 5.74. The lowest BCUT2D eigenvalue weighted by Crippen LogP contribution is -1.98. The largest absolute Gasteiger partial charge is 0.396 e. The summed E-state index contributed by atoms with van der Waals surface area (Å²) in [7, 11) is 0. The Morgan fingerprint density at radius 1 is 0.818 bits per heavy atom. The lowest BCUT2D eigenvalue weighted by atomic mass is 10.1. The van der Waals surface area contributed by atoms with Crippen LogP contribution in [0.3, 0.4) is 0 Å². The van der Waals surface area contributed by atoms with Gasteiger partial charge in [0.15, 0.2) is 5.82 Å². The van der Waals surface area contributed by atoms with Crippen molar-refractivity contribution in [2.24, 2.45) is 0 Å². The van der Waals surface area contributed by atoms with E-state index in [1.807, 2.05) is 42.5 Å². The Labute approximate surface area is 130 Å². The van der Waals surface area contributed by atoms with Crippen molar-refractivity contribution in [3.05, 3.63) is 84.1 Å². The van der Waals surface area contributed by atoms with Crippen molar-refractivity contribution < 1.29 is 0 Å². The Morgan fingerprint density at radius 2 is 1.59 bits per heavy atom. The molecule has 0 unspecified atom stereocenters. The van der Waals surface area contributed by atoms with Crippen molar-refractivity contribution in [1.29, 1.82) is 0 Å². The Hall–Kier alpha value is -3.07. The first kappa shape index (κ1) is 13.9. The molecule has 3 aromatic rings. The number of nitrogens with two attached hydrogens (primary N) is 1. The van der Waals surface area contributed by atoms with Crippen molar-refractivity contribution in [3.8, 4) is 0 Å². The summed E-state index contributed by atoms with van der Waals surface area (Å²) in [6.45, 7) is 0. The average Bonchev–Trinajstić information content (AvgIpc) is 2.57. The van der Waals surface area contributed by atoms with Gasteiger partial charge < -0.3 is 11.1 Å². The van der Waals surface area contributed by atoms with E-state index in [1.54, 1.807) is 6.20 Å². The van der Waals surface area contributed by atoms with Crippen LogP contribution in [0.5, 0.6) is 0 Å². The van der Waals surface area contributed by atoms with E-state index in [4.69, 9.17) is 5.73 Å². The zero-order chi connectivity index (χ0) is 15.2. The molecule has 0 aliphatic heterocycles. The van der Waals surface area contributed by atoms with Gasteiger partial charge in [0.2, 0.25) is 0 Å². The first-order valence-corrected chi connectivity index (χ1v) is 7.12. The van der Waals surface area contributed by atoms with E-state index in [0.29, 0.717) is 11.5 Å². The van der Waals surface area contributed by atoms with Gasteiger partial charge in [-0.25, -0.2) is 4.98 Å². The maximum atomic E-state index is 5.90. The van der Waals surface area contributed by atoms with Gasteiger partial charge >= 0.3 is 0 Å². The third-order valence-corrected chi connectivity index (χ3v) is 3.26. The Kier molecular flexibility index (Phi) is 4.16. The average molecular weight is 287 g/mol. The fraction of sp³-hybridized carbons (Fsp3) is 0. The van der Waals surface area contributed by atoms with E-state index in [0.717, 1.165) is 11.3 Å². The van der Waals surface area contributed by atoms with Crippen molar-refractivity contribution in [2.45, 2.75) is 0 Å². The van der Waals surface area contributed by atoms with E-state index >= 15 is 0 Å². The van der Waals surface area contributed by atoms with Crippen LogP contribution in [0.15, 0.2) is 72.9 Å². The molecule has 0 radical (unpaired) electrons. The van der Waals surface area contributed by atoms with E-state index in [9.17, 15) is 0 Å². The maximum Gasteiger partial charge on any atom is 0.153 e. The van der Waals surface area contributed by atoms with Crippen LogP contribution in [0.2, 0.25) is 0 Å². The Bertz CT molecular complexity index is 779. The summed E-state index contributed by atoms with van der Waals surface area (Å²) in [5, 5.41) is 3.24. The molecule has 1 heterocycles. The number of anilines is 3. The molecule has 0 atom stereocenters. The first-order chi connectivity index (χ1) is 10.8. The highest BCUT2D eigenvalue weighted by Gasteiger charge is 2.00. The fourth-order valence-corrected chi connectivity index (χ4v) is 2.14. The highest BCUT2D eigenvalue weighted by atomic mass is 15.0. The lowest BCUT2D eigenvalue weighted by Gasteiger charge is -2.08. The monoisotopic (exact) mass is 287 g/mol. The fourth-order valence-electron chi connectivity index (χ4n) is 2.14. The molecular formula is C19H17N3. The normalized spacial score (nSPS) is 10.7. The van der Waals surface area contributed by atoms with E-state index < -0.39 is 0 Å². The van der Waals surface area contributed by atoms with Crippen LogP contribution < -0.4 is 11.1 Å². The SMILES string of the molecule is Nc1cccnc1Nc1cccc(/C=C/c2ccccc2)c1. The van der Waals surface area contributed by atoms with Crippen LogP contribution in [0.1, 0.15) is 11.1 Å². The predicted molar refractivity (Wildman–Crippen MR) is 93.7 cm³/mol. The summed E-state index contributed by atoms with van der Waals surface area (Å²) < 4.78 is 0. The smallest absolute Gasteiger partial charge is 0.153 e. The second kappa shape index (κ2) is 6.59. The van der Waals surface area contributed by atoms with Gasteiger partial charge in [-0.2, -0.15) is 0 Å². The number of nitrogens with one attached hydrogen (secondary N) is 1. The summed E-state index contributed by atoms with van der Waals surface area (Å²) in [6, 6.07) is 22.0. The van der Waals surface area contributed by atoms with Gasteiger partial charge in [0.1, 0.15) is 0 Å². The Morgan fingerprint density at radius 3 is 2.41 bits per heavy atom. The molecule has 0 fully saturated rings. The van der Waals surface area contributed by atoms with Crippen molar-refractivity contribution in [1.82, 2.24) is 4.98 Å². The Balaban J connectivity index is 1.78. The summed E-state index contributed by atoms with van der Waals surface area (Å²) in [5.41, 5.74) is 9.78. The molecule has 3 N–H and O–H groups in total. The standard InChI is InChI=1S/C19H17N3/c20-18-10-5-13-21-19(18)22-17-9-4-8-16(14-17)12-11-15-6-2-1-3-7-15/h1-14H,20H2,(H,21,22)/b12-11+. The molecule has 2 aromatic carbocycles. The van der Waals surface area contributed by atoms with Crippen LogP contribution in [-0.4, -0.2) is 4.98 Å². The van der Waals surface area contributed by atoms with Gasteiger partial charge in [-0.3, -0.25) is 0 Å². The molecule has 3 heteroatoms. The number of nitrogen functional groups attached to an aromatic ring is 1. The van der Waals surface area contributed by atoms with Gasteiger partial charge in [0, 0.05) is 11.9 Å². The molecule has 108 valence electrons. The van der Waals surface area contributed by atoms with E-state index in [-0.39, 0.29) is 0 Å². The summed E-state index contributed by atoms with van der Waals surface area (Å²) in [4.78, 5) is 4.24. The molecule has 0 aliphatic carbocycles. The molecular weight excluding hydrogens is 270 g/mol. The second-order valence-corrected chi connectivity index (χ2v) is 4.94. The van der Waals surface area contributed by atoms with Crippen LogP contribution in [0.25, 0.3) is 12.2 Å². The topological polar surface area (TPSA) is 50.9 Å². The van der Waals surface area contributed by atoms with Gasteiger partial charge in [-0.05, 0) is 35.4 Å². The van der Waals surface area contributed by atoms with Gasteiger partial charge in [0.05, 0.1) is 5.69 Å². The molecule has 1 aromatic heterocycles. The quantitative estimate of drug-likeness (QED) is 0.691. The van der Waals surface area contributed by atoms with Crippen molar-refractivity contribution in [3.63, 3.8) is 0 Å². The lowest BCUT2D eigenvalue weighted by molar-refractivity contribution is 1.31. The minimum Gasteiger partial charge on any atom is -0.396 e. The molecule has 0 bridgehead atoms. The van der Waals surface area contributed by atoms with Crippen LogP contribution in [0.4, 0.5) is 17.2 Å². The van der Waals surface area contributed by atoms with Gasteiger partial charge in [0.25, 0.3) is 0 Å². The molecule has 0 amide bonds. The number of rotatable bonds is 4. The first-order valence-electron chi connectivity index (χ1n) is 7.12. The molecule has 3 rings (SSSR count). The summed E-state index contributed by atoms with van der Waals surface area (Å²) >= 11 is 0. The highest BCUT2D eigenvalue weighted by Crippen LogP contribution is 2.21. The van der Waals surface area contributed by atoms with Gasteiger partial charge in [-0.15, -0.1) is 0 Å². The number of pyridine rings is 1. The number of hydrogen-bond donors (Lipinski definition) is 2.